The summed E-state index contributed by atoms with van der Waals surface area (Å²) < 4.78 is 9.44. The number of hydrogen-bond acceptors (Lipinski definition) is 6. The fraction of sp³-hybridized carbons (Fsp3) is 0.350. The van der Waals surface area contributed by atoms with Crippen LogP contribution in [0.4, 0.5) is 5.69 Å². The SMILES string of the molecule is COC(=O)c1cc(NC(=O)C[NH+]2CCC[C@H]2c2cccs2)cc(C(=O)OC)c1. The Balaban J connectivity index is 1.74. The third-order valence-electron chi connectivity index (χ3n) is 4.82. The predicted octanol–water partition coefficient (Wildman–Crippen LogP) is 1.68. The molecule has 1 fully saturated rings. The number of rotatable bonds is 6. The maximum absolute atomic E-state index is 12.6. The van der Waals surface area contributed by atoms with Gasteiger partial charge in [-0.25, -0.2) is 9.59 Å². The van der Waals surface area contributed by atoms with E-state index in [1.807, 2.05) is 6.07 Å². The summed E-state index contributed by atoms with van der Waals surface area (Å²) in [4.78, 5) is 38.9. The van der Waals surface area contributed by atoms with Crippen molar-refractivity contribution in [3.05, 3.63) is 51.7 Å². The van der Waals surface area contributed by atoms with Gasteiger partial charge >= 0.3 is 11.9 Å². The third kappa shape index (κ3) is 4.58. The molecule has 2 aromatic rings. The highest BCUT2D eigenvalue weighted by Crippen LogP contribution is 2.23. The molecule has 1 saturated heterocycles. The molecule has 0 spiro atoms. The lowest BCUT2D eigenvalue weighted by Crippen LogP contribution is -3.11. The Morgan fingerprint density at radius 3 is 2.39 bits per heavy atom. The zero-order valence-electron chi connectivity index (χ0n) is 15.8. The van der Waals surface area contributed by atoms with E-state index in [-0.39, 0.29) is 17.0 Å². The van der Waals surface area contributed by atoms with Crippen molar-refractivity contribution in [3.8, 4) is 0 Å². The van der Waals surface area contributed by atoms with E-state index in [1.165, 1.54) is 42.2 Å². The topological polar surface area (TPSA) is 86.1 Å². The molecule has 0 radical (unpaired) electrons. The molecule has 0 bridgehead atoms. The number of nitrogens with one attached hydrogen (secondary N) is 2. The quantitative estimate of drug-likeness (QED) is 0.717. The molecule has 1 aliphatic heterocycles. The second kappa shape index (κ2) is 8.99. The molecular weight excluding hydrogens is 380 g/mol. The van der Waals surface area contributed by atoms with Crippen molar-refractivity contribution in [3.63, 3.8) is 0 Å². The van der Waals surface area contributed by atoms with Crippen LogP contribution in [0.1, 0.15) is 44.5 Å². The smallest absolute Gasteiger partial charge is 0.337 e. The second-order valence-corrected chi connectivity index (χ2v) is 7.60. The van der Waals surface area contributed by atoms with Crippen LogP contribution in [0.3, 0.4) is 0 Å². The number of benzene rings is 1. The van der Waals surface area contributed by atoms with Crippen molar-refractivity contribution >= 4 is 34.9 Å². The molecule has 2 N–H and O–H groups in total. The van der Waals surface area contributed by atoms with Crippen LogP contribution >= 0.6 is 11.3 Å². The summed E-state index contributed by atoms with van der Waals surface area (Å²) >= 11 is 1.72. The standard InChI is InChI=1S/C20H22N2O5S/c1-26-19(24)13-9-14(20(25)27-2)11-15(10-13)21-18(23)12-22-7-3-5-16(22)17-6-4-8-28-17/h4,6,8-11,16H,3,5,7,12H2,1-2H3,(H,21,23)/p+1/t16-/m0/s1. The third-order valence-corrected chi connectivity index (χ3v) is 5.80. The number of likely N-dealkylation sites (tertiary alicyclic amines) is 1. The van der Waals surface area contributed by atoms with E-state index < -0.39 is 11.9 Å². The molecule has 1 amide bonds. The van der Waals surface area contributed by atoms with Crippen molar-refractivity contribution in [2.75, 3.05) is 32.6 Å². The number of carbonyl (C=O) groups is 3. The average molecular weight is 403 g/mol. The average Bonchev–Trinajstić information content (AvgIpc) is 3.37. The number of methoxy groups -OCH3 is 2. The molecule has 1 unspecified atom stereocenters. The maximum Gasteiger partial charge on any atom is 0.337 e. The first-order chi connectivity index (χ1) is 13.5. The van der Waals surface area contributed by atoms with Crippen molar-refractivity contribution in [1.82, 2.24) is 0 Å². The minimum absolute atomic E-state index is 0.170. The van der Waals surface area contributed by atoms with Crippen LogP contribution in [0.15, 0.2) is 35.7 Å². The van der Waals surface area contributed by atoms with Gasteiger partial charge in [-0.2, -0.15) is 0 Å². The number of thiophene rings is 1. The van der Waals surface area contributed by atoms with Crippen LogP contribution < -0.4 is 10.2 Å². The summed E-state index contributed by atoms with van der Waals surface area (Å²) in [5.41, 5.74) is 0.705. The fourth-order valence-electron chi connectivity index (χ4n) is 3.54. The summed E-state index contributed by atoms with van der Waals surface area (Å²) in [5, 5.41) is 4.86. The molecule has 7 nitrogen and oxygen atoms in total. The molecule has 0 aliphatic carbocycles. The molecule has 1 aromatic heterocycles. The first-order valence-electron chi connectivity index (χ1n) is 9.01. The lowest BCUT2D eigenvalue weighted by atomic mass is 10.1. The van der Waals surface area contributed by atoms with E-state index >= 15 is 0 Å². The number of hydrogen-bond donors (Lipinski definition) is 2. The number of amides is 1. The number of anilines is 1. The molecule has 148 valence electrons. The van der Waals surface area contributed by atoms with Crippen LogP contribution in [-0.4, -0.2) is 45.2 Å². The van der Waals surface area contributed by atoms with Gasteiger partial charge in [0.1, 0.15) is 6.04 Å². The first kappa shape index (κ1) is 20.0. The molecule has 3 rings (SSSR count). The Labute approximate surface area is 167 Å². The Morgan fingerprint density at radius 2 is 1.82 bits per heavy atom. The highest BCUT2D eigenvalue weighted by atomic mass is 32.1. The van der Waals surface area contributed by atoms with E-state index in [1.54, 1.807) is 11.3 Å². The molecular formula is C20H23N2O5S+. The summed E-state index contributed by atoms with van der Waals surface area (Å²) in [6.45, 7) is 1.25. The lowest BCUT2D eigenvalue weighted by molar-refractivity contribution is -0.910. The second-order valence-electron chi connectivity index (χ2n) is 6.63. The molecule has 0 saturated carbocycles. The summed E-state index contributed by atoms with van der Waals surface area (Å²) in [6, 6.07) is 8.84. The van der Waals surface area contributed by atoms with Crippen LogP contribution in [-0.2, 0) is 14.3 Å². The van der Waals surface area contributed by atoms with Crippen LogP contribution in [0.5, 0.6) is 0 Å². The van der Waals surface area contributed by atoms with Gasteiger partial charge < -0.3 is 19.7 Å². The minimum atomic E-state index is -0.593. The molecule has 1 aliphatic rings. The van der Waals surface area contributed by atoms with Gasteiger partial charge in [0.2, 0.25) is 0 Å². The minimum Gasteiger partial charge on any atom is -0.465 e. The Bertz CT molecular complexity index is 831. The highest BCUT2D eigenvalue weighted by Gasteiger charge is 2.32. The van der Waals surface area contributed by atoms with Crippen molar-refractivity contribution in [2.24, 2.45) is 0 Å². The van der Waals surface area contributed by atoms with Crippen LogP contribution in [0.25, 0.3) is 0 Å². The summed E-state index contributed by atoms with van der Waals surface area (Å²) in [7, 11) is 2.51. The van der Waals surface area contributed by atoms with Gasteiger partial charge in [-0.1, -0.05) is 6.07 Å². The zero-order chi connectivity index (χ0) is 20.1. The molecule has 8 heteroatoms. The van der Waals surface area contributed by atoms with Gasteiger partial charge in [-0.3, -0.25) is 4.79 Å². The lowest BCUT2D eigenvalue weighted by Gasteiger charge is -2.20. The largest absolute Gasteiger partial charge is 0.465 e. The Kier molecular flexibility index (Phi) is 6.43. The van der Waals surface area contributed by atoms with Crippen LogP contribution in [0, 0.1) is 0 Å². The Hall–Kier alpha value is -2.71. The van der Waals surface area contributed by atoms with Gasteiger partial charge in [-0.05, 0) is 29.6 Å². The monoisotopic (exact) mass is 403 g/mol. The summed E-state index contributed by atoms with van der Waals surface area (Å²) in [5.74, 6) is -1.36. The van der Waals surface area contributed by atoms with E-state index in [0.29, 0.717) is 18.3 Å². The number of carbonyl (C=O) groups excluding carboxylic acids is 3. The predicted molar refractivity (Wildman–Crippen MR) is 105 cm³/mol. The van der Waals surface area contributed by atoms with Gasteiger partial charge in [-0.15, -0.1) is 11.3 Å². The van der Waals surface area contributed by atoms with Crippen LogP contribution in [0.2, 0.25) is 0 Å². The van der Waals surface area contributed by atoms with E-state index in [0.717, 1.165) is 19.4 Å². The first-order valence-corrected chi connectivity index (χ1v) is 9.89. The van der Waals surface area contributed by atoms with Gasteiger partial charge in [0.15, 0.2) is 6.54 Å². The van der Waals surface area contributed by atoms with Crippen molar-refractivity contribution < 1.29 is 28.8 Å². The normalized spacial score (nSPS) is 18.5. The fourth-order valence-corrected chi connectivity index (χ4v) is 4.46. The van der Waals surface area contributed by atoms with Gasteiger partial charge in [0.25, 0.3) is 5.91 Å². The molecule has 1 aromatic carbocycles. The zero-order valence-corrected chi connectivity index (χ0v) is 16.6. The Morgan fingerprint density at radius 1 is 1.14 bits per heavy atom. The molecule has 28 heavy (non-hydrogen) atoms. The van der Waals surface area contributed by atoms with E-state index in [2.05, 4.69) is 16.8 Å². The number of esters is 2. The van der Waals surface area contributed by atoms with Gasteiger partial charge in [0.05, 0.1) is 36.8 Å². The molecule has 2 heterocycles. The maximum atomic E-state index is 12.6. The highest BCUT2D eigenvalue weighted by molar-refractivity contribution is 7.10. The van der Waals surface area contributed by atoms with E-state index in [4.69, 9.17) is 9.47 Å². The number of ether oxygens (including phenoxy) is 2. The number of quaternary nitrogens is 1. The molecule has 2 atom stereocenters. The van der Waals surface area contributed by atoms with Gasteiger partial charge in [0, 0.05) is 18.5 Å². The van der Waals surface area contributed by atoms with Crippen molar-refractivity contribution in [1.29, 1.82) is 0 Å². The summed E-state index contributed by atoms with van der Waals surface area (Å²) in [6.07, 6.45) is 2.14. The van der Waals surface area contributed by atoms with E-state index in [9.17, 15) is 14.4 Å². The van der Waals surface area contributed by atoms with Crippen molar-refractivity contribution in [2.45, 2.75) is 18.9 Å².